The molecule has 30 heavy (non-hydrogen) atoms. The molecular formula is C21H17ClN4O2S2. The van der Waals surface area contributed by atoms with Crippen LogP contribution in [0, 0.1) is 10.1 Å². The van der Waals surface area contributed by atoms with Crippen molar-refractivity contribution in [2.24, 2.45) is 15.9 Å². The Labute approximate surface area is 187 Å². The number of nitro benzene ring substituents is 1. The molecule has 0 aliphatic heterocycles. The van der Waals surface area contributed by atoms with Crippen molar-refractivity contribution in [2.45, 2.75) is 15.5 Å². The first-order valence-corrected chi connectivity index (χ1v) is 10.9. The van der Waals surface area contributed by atoms with Gasteiger partial charge in [0.05, 0.1) is 16.0 Å². The van der Waals surface area contributed by atoms with Crippen LogP contribution in [0.5, 0.6) is 0 Å². The first kappa shape index (κ1) is 21.9. The first-order chi connectivity index (χ1) is 14.5. The Morgan fingerprint density at radius 1 is 1.10 bits per heavy atom. The summed E-state index contributed by atoms with van der Waals surface area (Å²) in [6, 6.07) is 21.9. The normalized spacial score (nSPS) is 11.7. The molecule has 3 aromatic carbocycles. The van der Waals surface area contributed by atoms with Crippen LogP contribution < -0.4 is 5.73 Å². The van der Waals surface area contributed by atoms with E-state index < -0.39 is 4.92 Å². The van der Waals surface area contributed by atoms with Crippen LogP contribution in [0.4, 0.5) is 5.69 Å². The summed E-state index contributed by atoms with van der Waals surface area (Å²) >= 11 is 8.55. The zero-order valence-electron chi connectivity index (χ0n) is 15.6. The van der Waals surface area contributed by atoms with E-state index in [1.54, 1.807) is 24.3 Å². The predicted molar refractivity (Wildman–Crippen MR) is 126 cm³/mol. The van der Waals surface area contributed by atoms with E-state index >= 15 is 0 Å². The van der Waals surface area contributed by atoms with Gasteiger partial charge >= 0.3 is 0 Å². The third-order valence-corrected chi connectivity index (χ3v) is 5.99. The molecule has 3 aromatic rings. The molecule has 0 fully saturated rings. The Morgan fingerprint density at radius 2 is 1.83 bits per heavy atom. The Kier molecular flexibility index (Phi) is 7.89. The zero-order valence-corrected chi connectivity index (χ0v) is 18.0. The van der Waals surface area contributed by atoms with Gasteiger partial charge in [0.15, 0.2) is 5.17 Å². The van der Waals surface area contributed by atoms with E-state index in [-0.39, 0.29) is 5.69 Å². The van der Waals surface area contributed by atoms with E-state index in [9.17, 15) is 10.1 Å². The van der Waals surface area contributed by atoms with Gasteiger partial charge in [-0.3, -0.25) is 10.1 Å². The average Bonchev–Trinajstić information content (AvgIpc) is 2.75. The maximum atomic E-state index is 11.5. The van der Waals surface area contributed by atoms with Crippen molar-refractivity contribution in [1.29, 1.82) is 0 Å². The lowest BCUT2D eigenvalue weighted by molar-refractivity contribution is -0.387. The molecule has 3 rings (SSSR count). The van der Waals surface area contributed by atoms with E-state index in [4.69, 9.17) is 17.3 Å². The van der Waals surface area contributed by atoms with Gasteiger partial charge in [-0.2, -0.15) is 5.10 Å². The molecule has 0 amide bonds. The third-order valence-electron chi connectivity index (χ3n) is 3.81. The number of rotatable bonds is 7. The van der Waals surface area contributed by atoms with Crippen molar-refractivity contribution >= 4 is 52.2 Å². The van der Waals surface area contributed by atoms with E-state index in [0.717, 1.165) is 10.5 Å². The zero-order chi connectivity index (χ0) is 21.3. The van der Waals surface area contributed by atoms with Crippen LogP contribution in [0.3, 0.4) is 0 Å². The fourth-order valence-corrected chi connectivity index (χ4v) is 4.02. The number of nitrogens with two attached hydrogens (primary N) is 1. The van der Waals surface area contributed by atoms with E-state index in [1.807, 2.05) is 42.5 Å². The summed E-state index contributed by atoms with van der Waals surface area (Å²) in [6.07, 6.45) is 1.44. The molecule has 0 aliphatic carbocycles. The van der Waals surface area contributed by atoms with Crippen molar-refractivity contribution in [1.82, 2.24) is 0 Å². The van der Waals surface area contributed by atoms with Crippen LogP contribution in [0.15, 0.2) is 92.8 Å². The highest BCUT2D eigenvalue weighted by Crippen LogP contribution is 2.35. The molecule has 0 unspecified atom stereocenters. The Morgan fingerprint density at radius 3 is 2.53 bits per heavy atom. The number of thioether (sulfide) groups is 1. The van der Waals surface area contributed by atoms with Crippen molar-refractivity contribution in [2.75, 3.05) is 0 Å². The lowest BCUT2D eigenvalue weighted by Crippen LogP contribution is -2.06. The predicted octanol–water partition coefficient (Wildman–Crippen LogP) is 5.98. The van der Waals surface area contributed by atoms with Crippen LogP contribution in [0.25, 0.3) is 0 Å². The molecule has 0 radical (unpaired) electrons. The Balaban J connectivity index is 1.67. The maximum absolute atomic E-state index is 11.5. The standard InChI is InChI=1S/C21H17ClN4O2S2/c22-17-7-9-18(10-8-17)30-20-11-6-16(12-19(20)26(27)28)13-24-25-21(23)29-14-15-4-2-1-3-5-15/h1-13H,14H2,(H2,23,25). The molecule has 6 nitrogen and oxygen atoms in total. The highest BCUT2D eigenvalue weighted by Gasteiger charge is 2.15. The van der Waals surface area contributed by atoms with Gasteiger partial charge < -0.3 is 5.73 Å². The summed E-state index contributed by atoms with van der Waals surface area (Å²) in [5.74, 6) is 0.688. The van der Waals surface area contributed by atoms with Crippen molar-refractivity contribution in [3.63, 3.8) is 0 Å². The van der Waals surface area contributed by atoms with Crippen molar-refractivity contribution < 1.29 is 4.92 Å². The highest BCUT2D eigenvalue weighted by atomic mass is 35.5. The topological polar surface area (TPSA) is 93.9 Å². The van der Waals surface area contributed by atoms with Gasteiger partial charge in [-0.05, 0) is 35.9 Å². The molecule has 0 saturated carbocycles. The molecular weight excluding hydrogens is 440 g/mol. The second kappa shape index (κ2) is 10.8. The number of hydrogen-bond donors (Lipinski definition) is 1. The minimum Gasteiger partial charge on any atom is -0.377 e. The summed E-state index contributed by atoms with van der Waals surface area (Å²) in [5, 5.41) is 20.3. The van der Waals surface area contributed by atoms with Crippen molar-refractivity contribution in [3.8, 4) is 0 Å². The summed E-state index contributed by atoms with van der Waals surface area (Å²) in [5.41, 5.74) is 7.55. The van der Waals surface area contributed by atoms with Gasteiger partial charge in [0, 0.05) is 27.3 Å². The lowest BCUT2D eigenvalue weighted by atomic mass is 10.2. The smallest absolute Gasteiger partial charge is 0.283 e. The molecule has 0 aromatic heterocycles. The fourth-order valence-electron chi connectivity index (χ4n) is 2.39. The van der Waals surface area contributed by atoms with E-state index in [0.29, 0.717) is 26.4 Å². The van der Waals surface area contributed by atoms with E-state index in [2.05, 4.69) is 10.2 Å². The number of benzene rings is 3. The van der Waals surface area contributed by atoms with Gasteiger partial charge in [0.2, 0.25) is 0 Å². The molecule has 152 valence electrons. The number of halogens is 1. The van der Waals surface area contributed by atoms with Crippen LogP contribution in [0.2, 0.25) is 5.02 Å². The van der Waals surface area contributed by atoms with Crippen LogP contribution >= 0.6 is 35.1 Å². The van der Waals surface area contributed by atoms with Crippen molar-refractivity contribution in [3.05, 3.63) is 99.1 Å². The molecule has 0 saturated heterocycles. The van der Waals surface area contributed by atoms with Gasteiger partial charge in [0.25, 0.3) is 5.69 Å². The monoisotopic (exact) mass is 456 g/mol. The third kappa shape index (κ3) is 6.62. The largest absolute Gasteiger partial charge is 0.377 e. The van der Waals surface area contributed by atoms with Gasteiger partial charge in [-0.15, -0.1) is 5.10 Å². The second-order valence-electron chi connectivity index (χ2n) is 6.00. The molecule has 2 N–H and O–H groups in total. The minimum atomic E-state index is -0.414. The number of amidine groups is 1. The molecule has 0 bridgehead atoms. The Hall–Kier alpha value is -2.81. The van der Waals surface area contributed by atoms with Gasteiger partial charge in [-0.1, -0.05) is 71.5 Å². The summed E-state index contributed by atoms with van der Waals surface area (Å²) in [7, 11) is 0. The Bertz CT molecular complexity index is 1070. The molecule has 0 spiro atoms. The number of hydrogen-bond acceptors (Lipinski definition) is 6. The summed E-state index contributed by atoms with van der Waals surface area (Å²) in [6.45, 7) is 0. The van der Waals surface area contributed by atoms with Crippen LogP contribution in [-0.4, -0.2) is 16.3 Å². The van der Waals surface area contributed by atoms with Crippen LogP contribution in [0.1, 0.15) is 11.1 Å². The van der Waals surface area contributed by atoms with Gasteiger partial charge in [0.1, 0.15) is 0 Å². The van der Waals surface area contributed by atoms with E-state index in [1.165, 1.54) is 35.8 Å². The fraction of sp³-hybridized carbons (Fsp3) is 0.0476. The highest BCUT2D eigenvalue weighted by molar-refractivity contribution is 8.13. The summed E-state index contributed by atoms with van der Waals surface area (Å²) < 4.78 is 0. The molecule has 0 aliphatic rings. The minimum absolute atomic E-state index is 0.00527. The molecule has 0 heterocycles. The number of nitro groups is 1. The second-order valence-corrected chi connectivity index (χ2v) is 8.54. The van der Waals surface area contributed by atoms with Gasteiger partial charge in [-0.25, -0.2) is 0 Å². The number of nitrogens with zero attached hydrogens (tertiary/aromatic N) is 3. The van der Waals surface area contributed by atoms with Crippen LogP contribution in [-0.2, 0) is 5.75 Å². The summed E-state index contributed by atoms with van der Waals surface area (Å²) in [4.78, 5) is 12.5. The maximum Gasteiger partial charge on any atom is 0.283 e. The average molecular weight is 457 g/mol. The molecule has 0 atom stereocenters. The first-order valence-electron chi connectivity index (χ1n) is 8.76. The lowest BCUT2D eigenvalue weighted by Gasteiger charge is -2.04. The SMILES string of the molecule is NC(=NN=Cc1ccc(Sc2ccc(Cl)cc2)c([N+](=O)[O-])c1)SCc1ccccc1. The molecule has 9 heteroatoms. The quantitative estimate of drug-likeness (QED) is 0.204.